The van der Waals surface area contributed by atoms with Crippen LogP contribution in [0.15, 0.2) is 6.20 Å². The summed E-state index contributed by atoms with van der Waals surface area (Å²) in [6.07, 6.45) is 2.90. The van der Waals surface area contributed by atoms with Gasteiger partial charge in [0.25, 0.3) is 0 Å². The van der Waals surface area contributed by atoms with Crippen LogP contribution in [-0.2, 0) is 11.8 Å². The number of ether oxygens (including phenoxy) is 1. The van der Waals surface area contributed by atoms with Gasteiger partial charge in [-0.15, -0.1) is 0 Å². The molecule has 1 heterocycles. The molecule has 0 aliphatic rings. The summed E-state index contributed by atoms with van der Waals surface area (Å²) >= 11 is 0. The van der Waals surface area contributed by atoms with E-state index in [1.54, 1.807) is 7.11 Å². The first-order valence-corrected chi connectivity index (χ1v) is 4.93. The first kappa shape index (κ1) is 11.0. The van der Waals surface area contributed by atoms with Crippen LogP contribution in [0, 0.1) is 6.92 Å². The van der Waals surface area contributed by atoms with Gasteiger partial charge in [-0.05, 0) is 13.3 Å². The topological polar surface area (TPSA) is 39.1 Å². The molecule has 0 saturated heterocycles. The number of methoxy groups -OCH3 is 1. The van der Waals surface area contributed by atoms with E-state index in [1.165, 1.54) is 0 Å². The van der Waals surface area contributed by atoms with Crippen LogP contribution in [0.5, 0.6) is 0 Å². The minimum absolute atomic E-state index is 0.364. The molecule has 0 saturated carbocycles. The Morgan fingerprint density at radius 1 is 1.64 bits per heavy atom. The van der Waals surface area contributed by atoms with Crippen LogP contribution >= 0.6 is 0 Å². The Morgan fingerprint density at radius 3 is 2.79 bits per heavy atom. The smallest absolute Gasteiger partial charge is 0.0759 e. The molecule has 0 bridgehead atoms. The molecule has 80 valence electrons. The van der Waals surface area contributed by atoms with Crippen molar-refractivity contribution in [2.24, 2.45) is 7.05 Å². The molecule has 1 atom stereocenters. The fourth-order valence-electron chi connectivity index (χ4n) is 1.32. The Hall–Kier alpha value is -1.03. The lowest BCUT2D eigenvalue weighted by Gasteiger charge is -2.16. The van der Waals surface area contributed by atoms with Crippen LogP contribution in [0.4, 0.5) is 5.69 Å². The van der Waals surface area contributed by atoms with E-state index in [0.29, 0.717) is 6.04 Å². The SMILES string of the molecule is CCC(COC)Nc1cnn(C)c1C. The number of aromatic nitrogens is 2. The van der Waals surface area contributed by atoms with Crippen LogP contribution in [0.2, 0.25) is 0 Å². The summed E-state index contributed by atoms with van der Waals surface area (Å²) in [6.45, 7) is 4.92. The van der Waals surface area contributed by atoms with E-state index in [4.69, 9.17) is 4.74 Å². The fraction of sp³-hybridized carbons (Fsp3) is 0.700. The van der Waals surface area contributed by atoms with Crippen molar-refractivity contribution in [3.63, 3.8) is 0 Å². The van der Waals surface area contributed by atoms with E-state index in [0.717, 1.165) is 24.4 Å². The normalized spacial score (nSPS) is 12.9. The molecule has 0 spiro atoms. The number of rotatable bonds is 5. The maximum Gasteiger partial charge on any atom is 0.0759 e. The standard InChI is InChI=1S/C10H19N3O/c1-5-9(7-14-4)12-10-6-11-13(3)8(10)2/h6,9,12H,5,7H2,1-4H3. The fourth-order valence-corrected chi connectivity index (χ4v) is 1.32. The molecule has 4 nitrogen and oxygen atoms in total. The zero-order valence-electron chi connectivity index (χ0n) is 9.37. The second kappa shape index (κ2) is 5.00. The number of aryl methyl sites for hydroxylation is 1. The number of nitrogens with zero attached hydrogens (tertiary/aromatic N) is 2. The maximum atomic E-state index is 5.12. The molecular weight excluding hydrogens is 178 g/mol. The largest absolute Gasteiger partial charge is 0.383 e. The molecule has 14 heavy (non-hydrogen) atoms. The highest BCUT2D eigenvalue weighted by Gasteiger charge is 2.09. The van der Waals surface area contributed by atoms with Gasteiger partial charge in [0.05, 0.1) is 24.2 Å². The van der Waals surface area contributed by atoms with Crippen LogP contribution in [0.1, 0.15) is 19.0 Å². The van der Waals surface area contributed by atoms with E-state index in [9.17, 15) is 0 Å². The minimum atomic E-state index is 0.364. The number of hydrogen-bond donors (Lipinski definition) is 1. The van der Waals surface area contributed by atoms with E-state index < -0.39 is 0 Å². The highest BCUT2D eigenvalue weighted by molar-refractivity contribution is 5.46. The summed E-state index contributed by atoms with van der Waals surface area (Å²) < 4.78 is 6.99. The van der Waals surface area contributed by atoms with Crippen molar-refractivity contribution >= 4 is 5.69 Å². The van der Waals surface area contributed by atoms with E-state index in [1.807, 2.05) is 17.9 Å². The number of anilines is 1. The second-order valence-electron chi connectivity index (χ2n) is 3.47. The molecule has 0 radical (unpaired) electrons. The van der Waals surface area contributed by atoms with E-state index in [2.05, 4.69) is 24.3 Å². The van der Waals surface area contributed by atoms with E-state index in [-0.39, 0.29) is 0 Å². The summed E-state index contributed by atoms with van der Waals surface area (Å²) in [6, 6.07) is 0.364. The lowest BCUT2D eigenvalue weighted by Crippen LogP contribution is -2.24. The quantitative estimate of drug-likeness (QED) is 0.778. The molecule has 0 aromatic carbocycles. The molecule has 1 aromatic heterocycles. The Labute approximate surface area is 85.3 Å². The predicted octanol–water partition coefficient (Wildman–Crippen LogP) is 1.57. The maximum absolute atomic E-state index is 5.12. The summed E-state index contributed by atoms with van der Waals surface area (Å²) in [7, 11) is 3.66. The van der Waals surface area contributed by atoms with Gasteiger partial charge in [0.2, 0.25) is 0 Å². The van der Waals surface area contributed by atoms with Crippen molar-refractivity contribution in [2.75, 3.05) is 19.0 Å². The Bertz CT molecular complexity index is 283. The third-order valence-electron chi connectivity index (χ3n) is 2.46. The van der Waals surface area contributed by atoms with Gasteiger partial charge in [-0.2, -0.15) is 5.10 Å². The average molecular weight is 197 g/mol. The van der Waals surface area contributed by atoms with Gasteiger partial charge in [-0.25, -0.2) is 0 Å². The molecule has 0 amide bonds. The molecule has 0 fully saturated rings. The van der Waals surface area contributed by atoms with Gasteiger partial charge < -0.3 is 10.1 Å². The first-order chi connectivity index (χ1) is 6.69. The zero-order chi connectivity index (χ0) is 10.6. The third kappa shape index (κ3) is 2.48. The molecule has 1 unspecified atom stereocenters. The van der Waals surface area contributed by atoms with Crippen LogP contribution in [0.3, 0.4) is 0 Å². The molecule has 1 N–H and O–H groups in total. The molecule has 1 aromatic rings. The number of hydrogen-bond acceptors (Lipinski definition) is 3. The van der Waals surface area contributed by atoms with Crippen molar-refractivity contribution in [2.45, 2.75) is 26.3 Å². The van der Waals surface area contributed by atoms with Crippen molar-refractivity contribution in [3.05, 3.63) is 11.9 Å². The molecular formula is C10H19N3O. The zero-order valence-corrected chi connectivity index (χ0v) is 9.37. The Morgan fingerprint density at radius 2 is 2.36 bits per heavy atom. The summed E-state index contributed by atoms with van der Waals surface area (Å²) in [4.78, 5) is 0. The number of nitrogens with one attached hydrogen (secondary N) is 1. The van der Waals surface area contributed by atoms with Gasteiger partial charge in [-0.3, -0.25) is 4.68 Å². The molecule has 0 aliphatic carbocycles. The first-order valence-electron chi connectivity index (χ1n) is 4.93. The van der Waals surface area contributed by atoms with Crippen molar-refractivity contribution < 1.29 is 4.74 Å². The van der Waals surface area contributed by atoms with Crippen LogP contribution in [0.25, 0.3) is 0 Å². The Kier molecular flexibility index (Phi) is 3.95. The highest BCUT2D eigenvalue weighted by Crippen LogP contribution is 2.14. The average Bonchev–Trinajstić information content (AvgIpc) is 2.49. The van der Waals surface area contributed by atoms with Gasteiger partial charge in [0.1, 0.15) is 0 Å². The van der Waals surface area contributed by atoms with Crippen LogP contribution in [-0.4, -0.2) is 29.5 Å². The van der Waals surface area contributed by atoms with Crippen molar-refractivity contribution in [1.29, 1.82) is 0 Å². The van der Waals surface area contributed by atoms with E-state index >= 15 is 0 Å². The van der Waals surface area contributed by atoms with Gasteiger partial charge >= 0.3 is 0 Å². The highest BCUT2D eigenvalue weighted by atomic mass is 16.5. The minimum Gasteiger partial charge on any atom is -0.383 e. The third-order valence-corrected chi connectivity index (χ3v) is 2.46. The second-order valence-corrected chi connectivity index (χ2v) is 3.47. The van der Waals surface area contributed by atoms with Gasteiger partial charge in [0.15, 0.2) is 0 Å². The summed E-state index contributed by atoms with van der Waals surface area (Å²) in [5.41, 5.74) is 2.25. The van der Waals surface area contributed by atoms with Crippen LogP contribution < -0.4 is 5.32 Å². The lowest BCUT2D eigenvalue weighted by atomic mass is 10.2. The molecule has 4 heteroatoms. The molecule has 1 rings (SSSR count). The van der Waals surface area contributed by atoms with Crippen molar-refractivity contribution in [1.82, 2.24) is 9.78 Å². The lowest BCUT2D eigenvalue weighted by molar-refractivity contribution is 0.184. The molecule has 0 aliphatic heterocycles. The van der Waals surface area contributed by atoms with Crippen molar-refractivity contribution in [3.8, 4) is 0 Å². The summed E-state index contributed by atoms with van der Waals surface area (Å²) in [5.74, 6) is 0. The predicted molar refractivity (Wildman–Crippen MR) is 57.5 cm³/mol. The monoisotopic (exact) mass is 197 g/mol. The van der Waals surface area contributed by atoms with Gasteiger partial charge in [-0.1, -0.05) is 6.92 Å². The Balaban J connectivity index is 2.62. The van der Waals surface area contributed by atoms with Gasteiger partial charge in [0, 0.05) is 20.2 Å². The summed E-state index contributed by atoms with van der Waals surface area (Å²) in [5, 5.41) is 7.59.